The molecule has 0 bridgehead atoms. The van der Waals surface area contributed by atoms with Crippen molar-refractivity contribution in [3.8, 4) is 5.00 Å². The van der Waals surface area contributed by atoms with Gasteiger partial charge < -0.3 is 0 Å². The second-order valence-electron chi connectivity index (χ2n) is 0.0745. The van der Waals surface area contributed by atoms with E-state index < -0.39 is 0 Å². The number of nitriles is 1. The van der Waals surface area contributed by atoms with Gasteiger partial charge >= 0.3 is 26.0 Å². The van der Waals surface area contributed by atoms with Gasteiger partial charge in [-0.15, -0.1) is 0 Å². The van der Waals surface area contributed by atoms with E-state index in [-0.39, 0.29) is 38.2 Å². The van der Waals surface area contributed by atoms with Gasteiger partial charge in [0.2, 0.25) is 0 Å². The van der Waals surface area contributed by atoms with Crippen LogP contribution in [0.15, 0.2) is 0 Å². The molecule has 1 nitrogen and oxygen atoms in total. The van der Waals surface area contributed by atoms with E-state index in [2.05, 4.69) is 15.7 Å². The van der Waals surface area contributed by atoms with Crippen molar-refractivity contribution in [2.75, 3.05) is 0 Å². The van der Waals surface area contributed by atoms with E-state index in [4.69, 9.17) is 5.26 Å². The maximum Gasteiger partial charge on any atom is 0 e. The minimum Gasteiger partial charge on any atom is 0 e. The summed E-state index contributed by atoms with van der Waals surface area (Å²) in [5, 5.41) is 8.62. The van der Waals surface area contributed by atoms with Crippen molar-refractivity contribution in [1.82, 2.24) is 0 Å². The third kappa shape index (κ3) is 10.5. The van der Waals surface area contributed by atoms with Gasteiger partial charge in [0.25, 0.3) is 0 Å². The summed E-state index contributed by atoms with van der Waals surface area (Å²) < 4.78 is 0. The Bertz CT molecular complexity index is 29.5. The molecular formula is CCoDyN. The van der Waals surface area contributed by atoms with Gasteiger partial charge in [0, 0.05) is 38.2 Å². The zero-order chi connectivity index (χ0) is 2.71. The maximum absolute atomic E-state index is 7.18. The molecule has 0 aromatic carbocycles. The summed E-state index contributed by atoms with van der Waals surface area (Å²) in [4.78, 5) is 0. The molecule has 0 spiro atoms. The van der Waals surface area contributed by atoms with Crippen LogP contribution in [0.3, 0.4) is 0 Å². The SMILES string of the molecule is N#[C][Co].[Dy]. The smallest absolute Gasteiger partial charge is 0 e. The number of hydrogen-bond acceptors (Lipinski definition) is 1. The molecule has 0 aliphatic heterocycles. The Morgan fingerprint density at radius 1 is 1.75 bits per heavy atom. The minimum absolute atomic E-state index is 0. The first-order valence-corrected chi connectivity index (χ1v) is 0.911. The Morgan fingerprint density at radius 3 is 1.75 bits per heavy atom. The van der Waals surface area contributed by atoms with Crippen LogP contribution in [0.5, 0.6) is 0 Å². The summed E-state index contributed by atoms with van der Waals surface area (Å²) in [5.74, 6) is 0. The Hall–Kier alpha value is 1.27. The van der Waals surface area contributed by atoms with Crippen LogP contribution >= 0.6 is 0 Å². The zero-order valence-electron chi connectivity index (χ0n) is 1.60. The summed E-state index contributed by atoms with van der Waals surface area (Å²) in [7, 11) is 0. The van der Waals surface area contributed by atoms with E-state index in [1.165, 1.54) is 5.00 Å². The van der Waals surface area contributed by atoms with Gasteiger partial charge in [-0.05, 0) is 0 Å². The van der Waals surface area contributed by atoms with Crippen molar-refractivity contribution < 1.29 is 53.9 Å². The molecule has 0 aliphatic carbocycles. The van der Waals surface area contributed by atoms with Crippen LogP contribution in [0, 0.1) is 48.4 Å². The molecule has 0 saturated carbocycles. The van der Waals surface area contributed by atoms with Crippen molar-refractivity contribution in [1.29, 1.82) is 5.26 Å². The zero-order valence-corrected chi connectivity index (χ0v) is 4.67. The molecule has 0 aromatic heterocycles. The maximum atomic E-state index is 7.18. The van der Waals surface area contributed by atoms with Crippen LogP contribution in [0.2, 0.25) is 0 Å². The molecule has 0 atom stereocenters. The summed E-state index contributed by atoms with van der Waals surface area (Å²) >= 11 is 3.13. The van der Waals surface area contributed by atoms with Crippen LogP contribution in [0.25, 0.3) is 0 Å². The fraction of sp³-hybridized carbons (Fsp3) is 0. The fourth-order valence-corrected chi connectivity index (χ4v) is 0. The van der Waals surface area contributed by atoms with Crippen molar-refractivity contribution in [2.45, 2.75) is 0 Å². The Kier molecular flexibility index (Phi) is 19.9. The Morgan fingerprint density at radius 2 is 1.75 bits per heavy atom. The van der Waals surface area contributed by atoms with Crippen molar-refractivity contribution in [3.05, 3.63) is 0 Å². The molecule has 0 N–H and O–H groups in total. The summed E-state index contributed by atoms with van der Waals surface area (Å²) in [6.07, 6.45) is 0. The van der Waals surface area contributed by atoms with Gasteiger partial charge in [0.15, 0.2) is 0 Å². The standard InChI is InChI=1S/CN.Co.Dy/c1-2;;. The molecule has 0 amide bonds. The van der Waals surface area contributed by atoms with Gasteiger partial charge in [-0.1, -0.05) is 0 Å². The average Bonchev–Trinajstić information content (AvgIpc) is 0.918. The van der Waals surface area contributed by atoms with Gasteiger partial charge in [-0.2, -0.15) is 0 Å². The first-order chi connectivity index (χ1) is 1.41. The van der Waals surface area contributed by atoms with Crippen LogP contribution in [0.4, 0.5) is 0 Å². The first-order valence-electron chi connectivity index (χ1n) is 0.390. The third-order valence-electron chi connectivity index (χ3n) is 0. The van der Waals surface area contributed by atoms with Gasteiger partial charge in [0.1, 0.15) is 0 Å². The van der Waals surface area contributed by atoms with Gasteiger partial charge in [-0.3, -0.25) is 0 Å². The largest absolute Gasteiger partial charge is 0 e. The van der Waals surface area contributed by atoms with E-state index in [9.17, 15) is 0 Å². The molecule has 0 radical (unpaired) electrons. The van der Waals surface area contributed by atoms with E-state index in [0.29, 0.717) is 0 Å². The molecule has 3 heteroatoms. The van der Waals surface area contributed by atoms with Crippen molar-refractivity contribution >= 4 is 0 Å². The quantitative estimate of drug-likeness (QED) is 0.592. The van der Waals surface area contributed by atoms with Crippen LogP contribution in [-0.4, -0.2) is 0 Å². The molecule has 0 fully saturated rings. The normalized spacial score (nSPS) is 2.25. The van der Waals surface area contributed by atoms with E-state index in [0.717, 1.165) is 0 Å². The second kappa shape index (κ2) is 8.86. The molecule has 0 rings (SSSR count). The van der Waals surface area contributed by atoms with Gasteiger partial charge in [0.05, 0.1) is 0 Å². The molecule has 0 unspecified atom stereocenters. The monoisotopic (exact) mass is 249 g/mol. The summed E-state index contributed by atoms with van der Waals surface area (Å²) in [6, 6.07) is 0. The Balaban J connectivity index is 0. The summed E-state index contributed by atoms with van der Waals surface area (Å²) in [6.45, 7) is 0. The van der Waals surface area contributed by atoms with E-state index in [1.807, 2.05) is 0 Å². The van der Waals surface area contributed by atoms with Gasteiger partial charge in [-0.25, -0.2) is 0 Å². The number of nitrogens with zero attached hydrogens (tertiary/aromatic N) is 1. The minimum atomic E-state index is 0. The number of hydrogen-bond donors (Lipinski definition) is 0. The van der Waals surface area contributed by atoms with Crippen LogP contribution in [-0.2, 0) is 15.7 Å². The topological polar surface area (TPSA) is 23.8 Å². The second-order valence-corrected chi connectivity index (χ2v) is 0.307. The third-order valence-corrected chi connectivity index (χ3v) is 0. The molecule has 28 valence electrons. The Labute approximate surface area is 63.4 Å². The van der Waals surface area contributed by atoms with Crippen molar-refractivity contribution in [2.24, 2.45) is 0 Å². The van der Waals surface area contributed by atoms with Crippen molar-refractivity contribution in [3.63, 3.8) is 0 Å². The molecular weight excluding hydrogens is 247 g/mol. The molecule has 4 heavy (non-hydrogen) atoms. The number of rotatable bonds is 0. The molecule has 0 aliphatic rings. The molecule has 0 aromatic rings. The fourth-order valence-electron chi connectivity index (χ4n) is 0. The first kappa shape index (κ1) is 8.99. The molecule has 0 heterocycles. The van der Waals surface area contributed by atoms with E-state index >= 15 is 0 Å². The molecule has 0 saturated heterocycles. The summed E-state index contributed by atoms with van der Waals surface area (Å²) in [5.41, 5.74) is 0. The van der Waals surface area contributed by atoms with E-state index in [1.54, 1.807) is 0 Å². The average molecular weight is 247 g/mol. The predicted molar refractivity (Wildman–Crippen MR) is 5.61 cm³/mol. The van der Waals surface area contributed by atoms with Crippen LogP contribution < -0.4 is 0 Å². The van der Waals surface area contributed by atoms with Crippen LogP contribution in [0.1, 0.15) is 0 Å². The predicted octanol–water partition coefficient (Wildman–Crippen LogP) is 0.0143.